The highest BCUT2D eigenvalue weighted by Crippen LogP contribution is 2.30. The third-order valence-corrected chi connectivity index (χ3v) is 3.70. The van der Waals surface area contributed by atoms with Crippen molar-refractivity contribution in [3.8, 4) is 0 Å². The van der Waals surface area contributed by atoms with Crippen LogP contribution < -0.4 is 0 Å². The summed E-state index contributed by atoms with van der Waals surface area (Å²) < 4.78 is 10.5. The molecule has 0 saturated heterocycles. The molecule has 2 unspecified atom stereocenters. The lowest BCUT2D eigenvalue weighted by Gasteiger charge is -2.27. The summed E-state index contributed by atoms with van der Waals surface area (Å²) in [6.07, 6.45) is 6.01. The summed E-state index contributed by atoms with van der Waals surface area (Å²) in [6, 6.07) is 0. The van der Waals surface area contributed by atoms with E-state index in [9.17, 15) is 4.79 Å². The van der Waals surface area contributed by atoms with Gasteiger partial charge in [0.2, 0.25) is 0 Å². The fraction of sp³-hybridized carbons (Fsp3) is 0.929. The van der Waals surface area contributed by atoms with Crippen molar-refractivity contribution in [2.75, 3.05) is 26.9 Å². The maximum absolute atomic E-state index is 11.7. The van der Waals surface area contributed by atoms with Gasteiger partial charge in [-0.25, -0.2) is 0 Å². The zero-order valence-electron chi connectivity index (χ0n) is 11.2. The lowest BCUT2D eigenvalue weighted by Crippen LogP contribution is -2.25. The molecule has 2 atom stereocenters. The van der Waals surface area contributed by atoms with Gasteiger partial charge in [-0.15, -0.1) is 0 Å². The zero-order chi connectivity index (χ0) is 12.5. The highest BCUT2D eigenvalue weighted by atomic mass is 16.5. The quantitative estimate of drug-likeness (QED) is 0.614. The van der Waals surface area contributed by atoms with Crippen LogP contribution in [0.5, 0.6) is 0 Å². The molecular formula is C14H26O3. The molecule has 100 valence electrons. The normalized spacial score (nSPS) is 25.2. The Morgan fingerprint density at radius 1 is 1.29 bits per heavy atom. The first-order valence-corrected chi connectivity index (χ1v) is 6.87. The molecule has 0 aromatic carbocycles. The zero-order valence-corrected chi connectivity index (χ0v) is 11.2. The molecule has 1 saturated carbocycles. The number of hydrogen-bond donors (Lipinski definition) is 0. The average molecular weight is 242 g/mol. The molecule has 3 heteroatoms. The number of rotatable bonds is 8. The SMILES string of the molecule is CCC1CCC(=O)C(CCOCCCOC)C1. The highest BCUT2D eigenvalue weighted by Gasteiger charge is 2.27. The van der Waals surface area contributed by atoms with E-state index in [2.05, 4.69) is 6.92 Å². The Bertz CT molecular complexity index is 216. The van der Waals surface area contributed by atoms with Gasteiger partial charge in [-0.3, -0.25) is 4.79 Å². The standard InChI is InChI=1S/C14H26O3/c1-3-12-5-6-14(15)13(11-12)7-10-17-9-4-8-16-2/h12-13H,3-11H2,1-2H3. The molecule has 0 radical (unpaired) electrons. The Balaban J connectivity index is 2.10. The molecule has 0 aromatic heterocycles. The second kappa shape index (κ2) is 8.65. The van der Waals surface area contributed by atoms with E-state index in [0.717, 1.165) is 57.8 Å². The molecule has 1 rings (SSSR count). The number of methoxy groups -OCH3 is 1. The van der Waals surface area contributed by atoms with Gasteiger partial charge in [-0.1, -0.05) is 13.3 Å². The Labute approximate surface area is 105 Å². The van der Waals surface area contributed by atoms with Crippen molar-refractivity contribution in [2.24, 2.45) is 11.8 Å². The van der Waals surface area contributed by atoms with Gasteiger partial charge < -0.3 is 9.47 Å². The summed E-state index contributed by atoms with van der Waals surface area (Å²) in [7, 11) is 1.70. The van der Waals surface area contributed by atoms with Crippen molar-refractivity contribution in [3.05, 3.63) is 0 Å². The number of ketones is 1. The van der Waals surface area contributed by atoms with Crippen LogP contribution >= 0.6 is 0 Å². The van der Waals surface area contributed by atoms with Crippen LogP contribution in [0, 0.1) is 11.8 Å². The Morgan fingerprint density at radius 3 is 2.82 bits per heavy atom. The third-order valence-electron chi connectivity index (χ3n) is 3.70. The predicted molar refractivity (Wildman–Crippen MR) is 68.1 cm³/mol. The minimum Gasteiger partial charge on any atom is -0.385 e. The van der Waals surface area contributed by atoms with Gasteiger partial charge in [0.25, 0.3) is 0 Å². The van der Waals surface area contributed by atoms with Gasteiger partial charge in [0.1, 0.15) is 5.78 Å². The van der Waals surface area contributed by atoms with E-state index < -0.39 is 0 Å². The van der Waals surface area contributed by atoms with Crippen molar-refractivity contribution in [3.63, 3.8) is 0 Å². The van der Waals surface area contributed by atoms with E-state index >= 15 is 0 Å². The van der Waals surface area contributed by atoms with Crippen LogP contribution in [0.1, 0.15) is 45.4 Å². The molecule has 1 fully saturated rings. The maximum atomic E-state index is 11.7. The van der Waals surface area contributed by atoms with Crippen molar-refractivity contribution in [2.45, 2.75) is 45.4 Å². The van der Waals surface area contributed by atoms with Crippen LogP contribution in [0.3, 0.4) is 0 Å². The smallest absolute Gasteiger partial charge is 0.136 e. The molecule has 0 N–H and O–H groups in total. The first kappa shape index (κ1) is 14.7. The lowest BCUT2D eigenvalue weighted by atomic mass is 9.78. The number of carbonyl (C=O) groups is 1. The van der Waals surface area contributed by atoms with E-state index in [1.807, 2.05) is 0 Å². The van der Waals surface area contributed by atoms with Crippen LogP contribution in [-0.2, 0) is 14.3 Å². The molecule has 0 aliphatic heterocycles. The minimum atomic E-state index is 0.260. The van der Waals surface area contributed by atoms with E-state index in [-0.39, 0.29) is 5.92 Å². The van der Waals surface area contributed by atoms with E-state index in [1.54, 1.807) is 7.11 Å². The van der Waals surface area contributed by atoms with Crippen molar-refractivity contribution in [1.29, 1.82) is 0 Å². The highest BCUT2D eigenvalue weighted by molar-refractivity contribution is 5.81. The molecule has 17 heavy (non-hydrogen) atoms. The summed E-state index contributed by atoms with van der Waals surface area (Å²) >= 11 is 0. The van der Waals surface area contributed by atoms with E-state index in [4.69, 9.17) is 9.47 Å². The molecule has 1 aliphatic rings. The first-order chi connectivity index (χ1) is 8.27. The molecule has 0 bridgehead atoms. The van der Waals surface area contributed by atoms with E-state index in [0.29, 0.717) is 5.78 Å². The number of hydrogen-bond acceptors (Lipinski definition) is 3. The molecule has 0 amide bonds. The molecule has 0 heterocycles. The largest absolute Gasteiger partial charge is 0.385 e. The Hall–Kier alpha value is -0.410. The summed E-state index contributed by atoms with van der Waals surface area (Å²) in [4.78, 5) is 11.7. The first-order valence-electron chi connectivity index (χ1n) is 6.87. The van der Waals surface area contributed by atoms with Gasteiger partial charge in [-0.2, -0.15) is 0 Å². The predicted octanol–water partition coefficient (Wildman–Crippen LogP) is 2.83. The van der Waals surface area contributed by atoms with Gasteiger partial charge >= 0.3 is 0 Å². The van der Waals surface area contributed by atoms with Crippen LogP contribution in [0.25, 0.3) is 0 Å². The van der Waals surface area contributed by atoms with Gasteiger partial charge in [0, 0.05) is 39.3 Å². The fourth-order valence-electron chi connectivity index (χ4n) is 2.48. The summed E-state index contributed by atoms with van der Waals surface area (Å²) in [5, 5.41) is 0. The molecule has 0 aromatic rings. The topological polar surface area (TPSA) is 35.5 Å². The van der Waals surface area contributed by atoms with Gasteiger partial charge in [0.15, 0.2) is 0 Å². The molecule has 1 aliphatic carbocycles. The lowest BCUT2D eigenvalue weighted by molar-refractivity contribution is -0.126. The third kappa shape index (κ3) is 5.64. The molecule has 3 nitrogen and oxygen atoms in total. The second-order valence-corrected chi connectivity index (χ2v) is 4.96. The maximum Gasteiger partial charge on any atom is 0.136 e. The van der Waals surface area contributed by atoms with E-state index in [1.165, 1.54) is 6.42 Å². The van der Waals surface area contributed by atoms with Crippen LogP contribution in [0.4, 0.5) is 0 Å². The number of carbonyl (C=O) groups excluding carboxylic acids is 1. The van der Waals surface area contributed by atoms with Crippen molar-refractivity contribution < 1.29 is 14.3 Å². The van der Waals surface area contributed by atoms with Gasteiger partial charge in [-0.05, 0) is 31.6 Å². The summed E-state index contributed by atoms with van der Waals surface area (Å²) in [5.41, 5.74) is 0. The number of ether oxygens (including phenoxy) is 2. The Kier molecular flexibility index (Phi) is 7.45. The second-order valence-electron chi connectivity index (χ2n) is 4.96. The van der Waals surface area contributed by atoms with Crippen LogP contribution in [0.2, 0.25) is 0 Å². The summed E-state index contributed by atoms with van der Waals surface area (Å²) in [6.45, 7) is 4.43. The van der Waals surface area contributed by atoms with Crippen molar-refractivity contribution >= 4 is 5.78 Å². The van der Waals surface area contributed by atoms with Crippen molar-refractivity contribution in [1.82, 2.24) is 0 Å². The Morgan fingerprint density at radius 2 is 2.12 bits per heavy atom. The van der Waals surface area contributed by atoms with Crippen LogP contribution in [-0.4, -0.2) is 32.7 Å². The minimum absolute atomic E-state index is 0.260. The monoisotopic (exact) mass is 242 g/mol. The fourth-order valence-corrected chi connectivity index (χ4v) is 2.48. The molecular weight excluding hydrogens is 216 g/mol. The molecule has 0 spiro atoms. The van der Waals surface area contributed by atoms with Gasteiger partial charge in [0.05, 0.1) is 0 Å². The average Bonchev–Trinajstić information content (AvgIpc) is 2.35. The summed E-state index contributed by atoms with van der Waals surface area (Å²) in [5.74, 6) is 1.47. The van der Waals surface area contributed by atoms with Crippen LogP contribution in [0.15, 0.2) is 0 Å². The number of Topliss-reactive ketones (excluding diaryl/α,β-unsaturated/α-hetero) is 1.